The van der Waals surface area contributed by atoms with E-state index in [9.17, 15) is 14.3 Å². The summed E-state index contributed by atoms with van der Waals surface area (Å²) in [5, 5.41) is 19.3. The molecule has 0 aliphatic carbocycles. The molecule has 0 radical (unpaired) electrons. The Kier molecular flexibility index (Phi) is 4.04. The zero-order valence-electron chi connectivity index (χ0n) is 11.9. The summed E-state index contributed by atoms with van der Waals surface area (Å²) in [5.41, 5.74) is 1.49. The zero-order chi connectivity index (χ0) is 15.7. The summed E-state index contributed by atoms with van der Waals surface area (Å²) >= 11 is 0. The van der Waals surface area contributed by atoms with Crippen LogP contribution in [0.5, 0.6) is 0 Å². The van der Waals surface area contributed by atoms with Crippen LogP contribution in [0.3, 0.4) is 0 Å². The largest absolute Gasteiger partial charge is 0.481 e. The van der Waals surface area contributed by atoms with E-state index < -0.39 is 12.1 Å². The molecule has 2 heterocycles. The first-order valence-corrected chi connectivity index (χ1v) is 7.19. The van der Waals surface area contributed by atoms with Gasteiger partial charge in [-0.05, 0) is 23.8 Å². The molecule has 1 aromatic carbocycles. The standard InChI is InChI=1S/C16H17FN2O3/c17-13-4-3-10(16-12(13)2-1-5-18-16)7-19-8-11(6-15(21)22)14(20)9-19/h1-5,11,14,20H,6-9H2,(H,21,22)/t11-,14-/m1/s1. The summed E-state index contributed by atoms with van der Waals surface area (Å²) < 4.78 is 13.8. The molecule has 1 aliphatic rings. The molecule has 116 valence electrons. The number of aliphatic carboxylic acids is 1. The summed E-state index contributed by atoms with van der Waals surface area (Å²) in [6.45, 7) is 1.45. The lowest BCUT2D eigenvalue weighted by atomic mass is 10.0. The Labute approximate surface area is 127 Å². The van der Waals surface area contributed by atoms with Gasteiger partial charge in [0.25, 0.3) is 0 Å². The third-order valence-corrected chi connectivity index (χ3v) is 4.11. The first-order chi connectivity index (χ1) is 10.5. The lowest BCUT2D eigenvalue weighted by Gasteiger charge is -2.16. The van der Waals surface area contributed by atoms with Crippen molar-refractivity contribution in [2.45, 2.75) is 19.1 Å². The van der Waals surface area contributed by atoms with Gasteiger partial charge in [0.1, 0.15) is 5.82 Å². The molecule has 0 unspecified atom stereocenters. The Hall–Kier alpha value is -2.05. The number of hydrogen-bond donors (Lipinski definition) is 2. The van der Waals surface area contributed by atoms with E-state index in [1.54, 1.807) is 24.4 Å². The van der Waals surface area contributed by atoms with Gasteiger partial charge >= 0.3 is 5.97 Å². The molecule has 5 nitrogen and oxygen atoms in total. The number of pyridine rings is 1. The van der Waals surface area contributed by atoms with E-state index in [0.29, 0.717) is 30.5 Å². The number of carboxylic acids is 1. The lowest BCUT2D eigenvalue weighted by Crippen LogP contribution is -2.21. The van der Waals surface area contributed by atoms with Crippen LogP contribution < -0.4 is 0 Å². The van der Waals surface area contributed by atoms with Crippen molar-refractivity contribution in [3.05, 3.63) is 41.8 Å². The van der Waals surface area contributed by atoms with Gasteiger partial charge in [-0.3, -0.25) is 14.7 Å². The molecule has 0 saturated carbocycles. The number of nitrogens with zero attached hydrogens (tertiary/aromatic N) is 2. The predicted molar refractivity (Wildman–Crippen MR) is 78.7 cm³/mol. The second-order valence-corrected chi connectivity index (χ2v) is 5.73. The van der Waals surface area contributed by atoms with Gasteiger partial charge in [0.05, 0.1) is 18.0 Å². The Bertz CT molecular complexity index is 707. The van der Waals surface area contributed by atoms with E-state index >= 15 is 0 Å². The fraction of sp³-hybridized carbons (Fsp3) is 0.375. The molecular formula is C16H17FN2O3. The average molecular weight is 304 g/mol. The van der Waals surface area contributed by atoms with E-state index in [2.05, 4.69) is 4.98 Å². The second kappa shape index (κ2) is 5.98. The summed E-state index contributed by atoms with van der Waals surface area (Å²) in [4.78, 5) is 17.0. The van der Waals surface area contributed by atoms with Crippen LogP contribution in [0.25, 0.3) is 10.9 Å². The molecule has 2 atom stereocenters. The van der Waals surface area contributed by atoms with Crippen molar-refractivity contribution >= 4 is 16.9 Å². The highest BCUT2D eigenvalue weighted by Gasteiger charge is 2.32. The molecule has 1 aliphatic heterocycles. The number of halogens is 1. The van der Waals surface area contributed by atoms with Crippen LogP contribution in [-0.4, -0.2) is 45.3 Å². The predicted octanol–water partition coefficient (Wildman–Crippen LogP) is 1.64. The van der Waals surface area contributed by atoms with E-state index in [0.717, 1.165) is 5.56 Å². The molecule has 1 saturated heterocycles. The number of β-amino-alcohol motifs (C(OH)–C–C–N with tert-alkyl or cyclic N) is 1. The fourth-order valence-corrected chi connectivity index (χ4v) is 3.06. The average Bonchev–Trinajstić information content (AvgIpc) is 2.81. The zero-order valence-corrected chi connectivity index (χ0v) is 11.9. The quantitative estimate of drug-likeness (QED) is 0.898. The number of carboxylic acid groups (broad SMARTS) is 1. The number of aromatic nitrogens is 1. The van der Waals surface area contributed by atoms with Crippen molar-refractivity contribution in [3.8, 4) is 0 Å². The molecule has 2 N–H and O–H groups in total. The van der Waals surface area contributed by atoms with Crippen molar-refractivity contribution in [1.82, 2.24) is 9.88 Å². The van der Waals surface area contributed by atoms with Gasteiger partial charge in [-0.2, -0.15) is 0 Å². The SMILES string of the molecule is O=C(O)C[C@@H]1CN(Cc2ccc(F)c3cccnc23)C[C@H]1O. The third-order valence-electron chi connectivity index (χ3n) is 4.11. The fourth-order valence-electron chi connectivity index (χ4n) is 3.06. The third kappa shape index (κ3) is 2.93. The first kappa shape index (κ1) is 14.9. The van der Waals surface area contributed by atoms with E-state index in [1.807, 2.05) is 4.90 Å². The van der Waals surface area contributed by atoms with Gasteiger partial charge in [-0.25, -0.2) is 4.39 Å². The van der Waals surface area contributed by atoms with Crippen molar-refractivity contribution < 1.29 is 19.4 Å². The highest BCUT2D eigenvalue weighted by atomic mass is 19.1. The Morgan fingerprint density at radius 2 is 2.18 bits per heavy atom. The van der Waals surface area contributed by atoms with Crippen LogP contribution in [0.2, 0.25) is 0 Å². The molecule has 2 aromatic rings. The van der Waals surface area contributed by atoms with Gasteiger partial charge in [0.15, 0.2) is 0 Å². The molecule has 22 heavy (non-hydrogen) atoms. The monoisotopic (exact) mass is 304 g/mol. The van der Waals surface area contributed by atoms with Crippen LogP contribution in [0, 0.1) is 11.7 Å². The van der Waals surface area contributed by atoms with Crippen LogP contribution in [0.4, 0.5) is 4.39 Å². The Morgan fingerprint density at radius 1 is 1.36 bits per heavy atom. The summed E-state index contributed by atoms with van der Waals surface area (Å²) in [6, 6.07) is 6.49. The van der Waals surface area contributed by atoms with Crippen LogP contribution in [0.15, 0.2) is 30.5 Å². The highest BCUT2D eigenvalue weighted by Crippen LogP contribution is 2.25. The highest BCUT2D eigenvalue weighted by molar-refractivity contribution is 5.82. The number of fused-ring (bicyclic) bond motifs is 1. The maximum absolute atomic E-state index is 13.8. The molecule has 0 bridgehead atoms. The van der Waals surface area contributed by atoms with Gasteiger partial charge in [-0.15, -0.1) is 0 Å². The Morgan fingerprint density at radius 3 is 2.95 bits per heavy atom. The molecule has 1 fully saturated rings. The smallest absolute Gasteiger partial charge is 0.303 e. The normalized spacial score (nSPS) is 22.3. The van der Waals surface area contributed by atoms with Gasteiger partial charge < -0.3 is 10.2 Å². The number of aliphatic hydroxyl groups excluding tert-OH is 1. The van der Waals surface area contributed by atoms with Crippen LogP contribution in [0.1, 0.15) is 12.0 Å². The van der Waals surface area contributed by atoms with Crippen molar-refractivity contribution in [3.63, 3.8) is 0 Å². The topological polar surface area (TPSA) is 73.7 Å². The van der Waals surface area contributed by atoms with Gasteiger partial charge in [0.2, 0.25) is 0 Å². The van der Waals surface area contributed by atoms with Crippen LogP contribution >= 0.6 is 0 Å². The summed E-state index contributed by atoms with van der Waals surface area (Å²) in [7, 11) is 0. The minimum absolute atomic E-state index is 0.0416. The number of likely N-dealkylation sites (tertiary alicyclic amines) is 1. The van der Waals surface area contributed by atoms with E-state index in [-0.39, 0.29) is 18.2 Å². The molecule has 0 spiro atoms. The van der Waals surface area contributed by atoms with Crippen LogP contribution in [-0.2, 0) is 11.3 Å². The van der Waals surface area contributed by atoms with Gasteiger partial charge in [0, 0.05) is 37.1 Å². The van der Waals surface area contributed by atoms with Crippen molar-refractivity contribution in [1.29, 1.82) is 0 Å². The van der Waals surface area contributed by atoms with E-state index in [4.69, 9.17) is 5.11 Å². The lowest BCUT2D eigenvalue weighted by molar-refractivity contribution is -0.138. The van der Waals surface area contributed by atoms with Crippen molar-refractivity contribution in [2.75, 3.05) is 13.1 Å². The number of benzene rings is 1. The molecule has 6 heteroatoms. The van der Waals surface area contributed by atoms with Gasteiger partial charge in [-0.1, -0.05) is 6.07 Å². The molecular weight excluding hydrogens is 287 g/mol. The Balaban J connectivity index is 1.80. The second-order valence-electron chi connectivity index (χ2n) is 5.73. The minimum atomic E-state index is -0.903. The summed E-state index contributed by atoms with van der Waals surface area (Å²) in [6.07, 6.45) is 0.938. The number of aliphatic hydroxyl groups is 1. The molecule has 1 aromatic heterocycles. The number of rotatable bonds is 4. The number of carbonyl (C=O) groups is 1. The maximum atomic E-state index is 13.8. The maximum Gasteiger partial charge on any atom is 0.303 e. The van der Waals surface area contributed by atoms with Crippen molar-refractivity contribution in [2.24, 2.45) is 5.92 Å². The number of hydrogen-bond acceptors (Lipinski definition) is 4. The first-order valence-electron chi connectivity index (χ1n) is 7.19. The molecule has 3 rings (SSSR count). The molecule has 0 amide bonds. The summed E-state index contributed by atoms with van der Waals surface area (Å²) in [5.74, 6) is -1.48. The minimum Gasteiger partial charge on any atom is -0.481 e. The van der Waals surface area contributed by atoms with E-state index in [1.165, 1.54) is 6.07 Å².